The molecule has 0 bridgehead atoms. The molecule has 118 valence electrons. The first-order valence-electron chi connectivity index (χ1n) is 6.57. The maximum absolute atomic E-state index is 13.1. The van der Waals surface area contributed by atoms with Gasteiger partial charge in [0.1, 0.15) is 5.82 Å². The lowest BCUT2D eigenvalue weighted by Gasteiger charge is -2.16. The van der Waals surface area contributed by atoms with Gasteiger partial charge in [-0.05, 0) is 24.6 Å². The summed E-state index contributed by atoms with van der Waals surface area (Å²) < 4.78 is 40.4. The number of thiazole rings is 1. The molecule has 0 unspecified atom stereocenters. The third kappa shape index (κ3) is 3.24. The highest BCUT2D eigenvalue weighted by atomic mass is 35.5. The maximum atomic E-state index is 13.1. The minimum atomic E-state index is -3.72. The highest BCUT2D eigenvalue weighted by Crippen LogP contribution is 2.24. The summed E-state index contributed by atoms with van der Waals surface area (Å²) in [6.07, 6.45) is 2.41. The average molecular weight is 362 g/mol. The van der Waals surface area contributed by atoms with E-state index in [2.05, 4.69) is 9.71 Å². The standard InChI is InChI=1S/C13H13ClFN3O2S2/c14-11-7-10(1-2-12(11)15)22(19,20)17-9-3-5-18(8-9)13-16-4-6-21-13/h1-2,4,6-7,9,17H,3,5,8H2/t9-/m1/s1. The second-order valence-corrected chi connectivity index (χ2v) is 7.94. The Balaban J connectivity index is 1.71. The molecule has 1 aliphatic heterocycles. The number of aromatic nitrogens is 1. The van der Waals surface area contributed by atoms with E-state index in [1.807, 2.05) is 10.3 Å². The number of sulfonamides is 1. The second kappa shape index (κ2) is 6.11. The molecule has 1 aromatic carbocycles. The molecule has 1 atom stereocenters. The molecule has 2 aromatic rings. The minimum absolute atomic E-state index is 0.0356. The summed E-state index contributed by atoms with van der Waals surface area (Å²) in [4.78, 5) is 6.22. The van der Waals surface area contributed by atoms with Crippen LogP contribution in [0.15, 0.2) is 34.7 Å². The molecule has 1 fully saturated rings. The first-order chi connectivity index (χ1) is 10.5. The van der Waals surface area contributed by atoms with Crippen LogP contribution >= 0.6 is 22.9 Å². The van der Waals surface area contributed by atoms with E-state index in [0.717, 1.165) is 23.8 Å². The van der Waals surface area contributed by atoms with Crippen LogP contribution in [0.5, 0.6) is 0 Å². The predicted molar refractivity (Wildman–Crippen MR) is 84.5 cm³/mol. The molecular formula is C13H13ClFN3O2S2. The Morgan fingerprint density at radius 2 is 2.27 bits per heavy atom. The minimum Gasteiger partial charge on any atom is -0.346 e. The van der Waals surface area contributed by atoms with Gasteiger partial charge in [-0.15, -0.1) is 11.3 Å². The first kappa shape index (κ1) is 15.7. The molecular weight excluding hydrogens is 349 g/mol. The van der Waals surface area contributed by atoms with Gasteiger partial charge < -0.3 is 4.90 Å². The normalized spacial score (nSPS) is 18.8. The molecule has 0 spiro atoms. The monoisotopic (exact) mass is 361 g/mol. The van der Waals surface area contributed by atoms with Gasteiger partial charge in [-0.25, -0.2) is 22.5 Å². The number of hydrogen-bond acceptors (Lipinski definition) is 5. The highest BCUT2D eigenvalue weighted by Gasteiger charge is 2.28. The van der Waals surface area contributed by atoms with E-state index in [0.29, 0.717) is 13.0 Å². The summed E-state index contributed by atoms with van der Waals surface area (Å²) in [6, 6.07) is 3.16. The average Bonchev–Trinajstić information content (AvgIpc) is 3.11. The van der Waals surface area contributed by atoms with E-state index < -0.39 is 15.8 Å². The third-order valence-corrected chi connectivity index (χ3v) is 6.04. The van der Waals surface area contributed by atoms with Crippen molar-refractivity contribution in [1.82, 2.24) is 9.71 Å². The van der Waals surface area contributed by atoms with Gasteiger partial charge in [0.05, 0.1) is 9.92 Å². The Hall–Kier alpha value is -1.22. The fraction of sp³-hybridized carbons (Fsp3) is 0.308. The molecule has 1 saturated heterocycles. The van der Waals surface area contributed by atoms with Crippen molar-refractivity contribution in [2.24, 2.45) is 0 Å². The smallest absolute Gasteiger partial charge is 0.240 e. The van der Waals surface area contributed by atoms with E-state index in [-0.39, 0.29) is 16.0 Å². The van der Waals surface area contributed by atoms with Gasteiger partial charge in [0.15, 0.2) is 5.13 Å². The van der Waals surface area contributed by atoms with Gasteiger partial charge in [0, 0.05) is 30.7 Å². The van der Waals surface area contributed by atoms with Gasteiger partial charge in [0.25, 0.3) is 0 Å². The molecule has 0 saturated carbocycles. The molecule has 0 amide bonds. The van der Waals surface area contributed by atoms with Crippen LogP contribution < -0.4 is 9.62 Å². The lowest BCUT2D eigenvalue weighted by Crippen LogP contribution is -2.37. The number of nitrogens with zero attached hydrogens (tertiary/aromatic N) is 2. The van der Waals surface area contributed by atoms with Crippen molar-refractivity contribution in [3.05, 3.63) is 40.6 Å². The third-order valence-electron chi connectivity index (χ3n) is 3.40. The fourth-order valence-corrected chi connectivity index (χ4v) is 4.55. The van der Waals surface area contributed by atoms with Gasteiger partial charge in [-0.3, -0.25) is 0 Å². The molecule has 1 N–H and O–H groups in total. The number of benzene rings is 1. The van der Waals surface area contributed by atoms with Crippen LogP contribution in [0.2, 0.25) is 5.02 Å². The Bertz CT molecular complexity index is 768. The Morgan fingerprint density at radius 1 is 1.45 bits per heavy atom. The number of halogens is 2. The van der Waals surface area contributed by atoms with Crippen LogP contribution in [0, 0.1) is 5.82 Å². The first-order valence-corrected chi connectivity index (χ1v) is 9.31. The summed E-state index contributed by atoms with van der Waals surface area (Å²) in [7, 11) is -3.72. The lowest BCUT2D eigenvalue weighted by atomic mass is 10.3. The van der Waals surface area contributed by atoms with Gasteiger partial charge in [-0.1, -0.05) is 11.6 Å². The van der Waals surface area contributed by atoms with Crippen LogP contribution in [0.1, 0.15) is 6.42 Å². The number of rotatable bonds is 4. The molecule has 1 aliphatic rings. The SMILES string of the molecule is O=S(=O)(N[C@@H]1CCN(c2nccs2)C1)c1ccc(F)c(Cl)c1. The van der Waals surface area contributed by atoms with Crippen LogP contribution in [-0.4, -0.2) is 32.5 Å². The fourth-order valence-electron chi connectivity index (χ4n) is 2.33. The van der Waals surface area contributed by atoms with E-state index in [1.54, 1.807) is 6.20 Å². The number of nitrogens with one attached hydrogen (secondary N) is 1. The van der Waals surface area contributed by atoms with Crippen LogP contribution in [0.25, 0.3) is 0 Å². The van der Waals surface area contributed by atoms with E-state index in [4.69, 9.17) is 11.6 Å². The largest absolute Gasteiger partial charge is 0.346 e. The van der Waals surface area contributed by atoms with Crippen LogP contribution in [-0.2, 0) is 10.0 Å². The zero-order chi connectivity index (χ0) is 15.7. The maximum Gasteiger partial charge on any atom is 0.240 e. The Labute approximate surface area is 136 Å². The lowest BCUT2D eigenvalue weighted by molar-refractivity contribution is 0.561. The molecule has 3 rings (SSSR count). The van der Waals surface area contributed by atoms with Crippen molar-refractivity contribution >= 4 is 38.1 Å². The Morgan fingerprint density at radius 3 is 2.95 bits per heavy atom. The van der Waals surface area contributed by atoms with Crippen molar-refractivity contribution < 1.29 is 12.8 Å². The summed E-state index contributed by atoms with van der Waals surface area (Å²) in [6.45, 7) is 1.30. The highest BCUT2D eigenvalue weighted by molar-refractivity contribution is 7.89. The van der Waals surface area contributed by atoms with Crippen LogP contribution in [0.3, 0.4) is 0 Å². The molecule has 5 nitrogen and oxygen atoms in total. The number of anilines is 1. The predicted octanol–water partition coefficient (Wildman–Crippen LogP) is 2.49. The zero-order valence-corrected chi connectivity index (χ0v) is 13.8. The van der Waals surface area contributed by atoms with Crippen molar-refractivity contribution in [3.63, 3.8) is 0 Å². The molecule has 2 heterocycles. The van der Waals surface area contributed by atoms with Gasteiger partial charge >= 0.3 is 0 Å². The Kier molecular flexibility index (Phi) is 4.35. The topological polar surface area (TPSA) is 62.3 Å². The van der Waals surface area contributed by atoms with E-state index >= 15 is 0 Å². The summed E-state index contributed by atoms with van der Waals surface area (Å²) in [5.41, 5.74) is 0. The van der Waals surface area contributed by atoms with Gasteiger partial charge in [0.2, 0.25) is 10.0 Å². The van der Waals surface area contributed by atoms with Gasteiger partial charge in [-0.2, -0.15) is 0 Å². The van der Waals surface area contributed by atoms with E-state index in [1.165, 1.54) is 17.4 Å². The summed E-state index contributed by atoms with van der Waals surface area (Å²) in [5, 5.41) is 2.55. The molecule has 0 radical (unpaired) electrons. The second-order valence-electron chi connectivity index (χ2n) is 4.94. The quantitative estimate of drug-likeness (QED) is 0.908. The van der Waals surface area contributed by atoms with Crippen molar-refractivity contribution in [2.75, 3.05) is 18.0 Å². The van der Waals surface area contributed by atoms with E-state index in [9.17, 15) is 12.8 Å². The van der Waals surface area contributed by atoms with Crippen LogP contribution in [0.4, 0.5) is 9.52 Å². The molecule has 0 aliphatic carbocycles. The van der Waals surface area contributed by atoms with Crippen molar-refractivity contribution in [2.45, 2.75) is 17.4 Å². The summed E-state index contributed by atoms with van der Waals surface area (Å²) >= 11 is 7.16. The molecule has 22 heavy (non-hydrogen) atoms. The zero-order valence-electron chi connectivity index (χ0n) is 11.4. The van der Waals surface area contributed by atoms with Crippen molar-refractivity contribution in [1.29, 1.82) is 0 Å². The summed E-state index contributed by atoms with van der Waals surface area (Å²) in [5.74, 6) is -0.642. The molecule has 9 heteroatoms. The number of hydrogen-bond donors (Lipinski definition) is 1. The van der Waals surface area contributed by atoms with Crippen molar-refractivity contribution in [3.8, 4) is 0 Å². The molecule has 1 aromatic heterocycles.